The molecule has 1 aliphatic rings. The molecule has 0 spiro atoms. The third-order valence-electron chi connectivity index (χ3n) is 3.76. The van der Waals surface area contributed by atoms with E-state index in [4.69, 9.17) is 5.73 Å². The number of hydrogen-bond donors (Lipinski definition) is 2. The number of imidazole rings is 1. The lowest BCUT2D eigenvalue weighted by atomic mass is 10.00. The van der Waals surface area contributed by atoms with Crippen molar-refractivity contribution in [1.29, 1.82) is 0 Å². The molecule has 1 aliphatic carbocycles. The molecule has 2 atom stereocenters. The Morgan fingerprint density at radius 1 is 1.50 bits per heavy atom. The molecule has 0 aromatic carbocycles. The predicted octanol–water partition coefficient (Wildman–Crippen LogP) is 1.67. The van der Waals surface area contributed by atoms with Crippen LogP contribution in [0.25, 0.3) is 0 Å². The van der Waals surface area contributed by atoms with Crippen molar-refractivity contribution in [3.05, 3.63) is 18.2 Å². The maximum Gasteiger partial charge on any atom is 0.220 e. The van der Waals surface area contributed by atoms with Crippen LogP contribution in [0.15, 0.2) is 12.4 Å². The SMILES string of the molecule is Cc1nccn1CCNC(=O)C[C@@H]1CCC[C@H]1N.Cl.Cl. The third-order valence-corrected chi connectivity index (χ3v) is 3.76. The van der Waals surface area contributed by atoms with Gasteiger partial charge in [-0.05, 0) is 25.7 Å². The molecule has 5 nitrogen and oxygen atoms in total. The lowest BCUT2D eigenvalue weighted by Crippen LogP contribution is -2.33. The van der Waals surface area contributed by atoms with Gasteiger partial charge in [-0.1, -0.05) is 6.42 Å². The first kappa shape index (κ1) is 19.2. The molecule has 1 aromatic rings. The summed E-state index contributed by atoms with van der Waals surface area (Å²) in [6.07, 6.45) is 7.59. The largest absolute Gasteiger partial charge is 0.354 e. The molecule has 0 bridgehead atoms. The van der Waals surface area contributed by atoms with E-state index in [1.54, 1.807) is 6.20 Å². The van der Waals surface area contributed by atoms with E-state index in [1.165, 1.54) is 0 Å². The zero-order valence-corrected chi connectivity index (χ0v) is 13.4. The van der Waals surface area contributed by atoms with Crippen LogP contribution in [0, 0.1) is 12.8 Å². The molecule has 1 fully saturated rings. The van der Waals surface area contributed by atoms with Gasteiger partial charge in [0.25, 0.3) is 0 Å². The Morgan fingerprint density at radius 3 is 2.80 bits per heavy atom. The average molecular weight is 323 g/mol. The highest BCUT2D eigenvalue weighted by Gasteiger charge is 2.25. The molecule has 3 N–H and O–H groups in total. The lowest BCUT2D eigenvalue weighted by molar-refractivity contribution is -0.122. The van der Waals surface area contributed by atoms with Gasteiger partial charge in [-0.25, -0.2) is 4.98 Å². The quantitative estimate of drug-likeness (QED) is 0.866. The molecule has 7 heteroatoms. The van der Waals surface area contributed by atoms with E-state index in [-0.39, 0.29) is 36.8 Å². The number of halogens is 2. The third kappa shape index (κ3) is 5.31. The molecular weight excluding hydrogens is 299 g/mol. The summed E-state index contributed by atoms with van der Waals surface area (Å²) in [4.78, 5) is 15.9. The van der Waals surface area contributed by atoms with Gasteiger partial charge in [0.05, 0.1) is 0 Å². The number of aryl methyl sites for hydroxylation is 1. The van der Waals surface area contributed by atoms with Crippen molar-refractivity contribution in [2.75, 3.05) is 6.54 Å². The first-order valence-electron chi connectivity index (χ1n) is 6.67. The molecule has 0 unspecified atom stereocenters. The van der Waals surface area contributed by atoms with Crippen molar-refractivity contribution in [2.45, 2.75) is 45.2 Å². The Bertz CT molecular complexity index is 411. The fraction of sp³-hybridized carbons (Fsp3) is 0.692. The number of nitrogens with one attached hydrogen (secondary N) is 1. The second-order valence-corrected chi connectivity index (χ2v) is 5.08. The van der Waals surface area contributed by atoms with Crippen LogP contribution in [0.5, 0.6) is 0 Å². The van der Waals surface area contributed by atoms with E-state index < -0.39 is 0 Å². The summed E-state index contributed by atoms with van der Waals surface area (Å²) < 4.78 is 2.03. The lowest BCUT2D eigenvalue weighted by Gasteiger charge is -2.15. The number of aromatic nitrogens is 2. The fourth-order valence-corrected chi connectivity index (χ4v) is 2.59. The van der Waals surface area contributed by atoms with Crippen molar-refractivity contribution >= 4 is 30.7 Å². The molecule has 0 saturated heterocycles. The first-order valence-corrected chi connectivity index (χ1v) is 6.67. The van der Waals surface area contributed by atoms with Crippen LogP contribution in [0.2, 0.25) is 0 Å². The van der Waals surface area contributed by atoms with Crippen LogP contribution in [-0.2, 0) is 11.3 Å². The normalized spacial score (nSPS) is 20.9. The Morgan fingerprint density at radius 2 is 2.25 bits per heavy atom. The standard InChI is InChI=1S/C13H22N4O.2ClH/c1-10-15-5-7-17(10)8-6-16-13(18)9-11-3-2-4-12(11)14;;/h5,7,11-12H,2-4,6,8-9,14H2,1H3,(H,16,18);2*1H/t11-,12+;;/m0../s1. The van der Waals surface area contributed by atoms with Gasteiger partial charge in [0.15, 0.2) is 0 Å². The summed E-state index contributed by atoms with van der Waals surface area (Å²) in [7, 11) is 0. The van der Waals surface area contributed by atoms with Crippen molar-refractivity contribution in [2.24, 2.45) is 11.7 Å². The van der Waals surface area contributed by atoms with Crippen molar-refractivity contribution in [3.63, 3.8) is 0 Å². The smallest absolute Gasteiger partial charge is 0.220 e. The van der Waals surface area contributed by atoms with E-state index in [1.807, 2.05) is 17.7 Å². The zero-order chi connectivity index (χ0) is 13.0. The van der Waals surface area contributed by atoms with E-state index in [9.17, 15) is 4.79 Å². The van der Waals surface area contributed by atoms with Gasteiger partial charge in [0, 0.05) is 37.9 Å². The zero-order valence-electron chi connectivity index (χ0n) is 11.7. The van der Waals surface area contributed by atoms with Crippen LogP contribution < -0.4 is 11.1 Å². The number of nitrogens with zero attached hydrogens (tertiary/aromatic N) is 2. The molecule has 116 valence electrons. The van der Waals surface area contributed by atoms with Gasteiger partial charge in [0.1, 0.15) is 5.82 Å². The summed E-state index contributed by atoms with van der Waals surface area (Å²) in [6, 6.07) is 0.214. The maximum absolute atomic E-state index is 11.8. The van der Waals surface area contributed by atoms with Crippen LogP contribution in [0.3, 0.4) is 0 Å². The minimum absolute atomic E-state index is 0. The fourth-order valence-electron chi connectivity index (χ4n) is 2.59. The average Bonchev–Trinajstić information content (AvgIpc) is 2.90. The molecule has 1 aromatic heterocycles. The second kappa shape index (κ2) is 9.21. The minimum Gasteiger partial charge on any atom is -0.354 e. The van der Waals surface area contributed by atoms with Gasteiger partial charge < -0.3 is 15.6 Å². The van der Waals surface area contributed by atoms with E-state index in [0.717, 1.165) is 31.6 Å². The highest BCUT2D eigenvalue weighted by molar-refractivity contribution is 5.85. The molecule has 0 aliphatic heterocycles. The molecule has 2 rings (SSSR count). The van der Waals surface area contributed by atoms with Gasteiger partial charge in [-0.15, -0.1) is 24.8 Å². The molecule has 1 saturated carbocycles. The van der Waals surface area contributed by atoms with Crippen LogP contribution in [0.1, 0.15) is 31.5 Å². The van der Waals surface area contributed by atoms with Crippen LogP contribution >= 0.6 is 24.8 Å². The second-order valence-electron chi connectivity index (χ2n) is 5.08. The van der Waals surface area contributed by atoms with Gasteiger partial charge in [-0.2, -0.15) is 0 Å². The minimum atomic E-state index is 0. The van der Waals surface area contributed by atoms with Gasteiger partial charge in [-0.3, -0.25) is 4.79 Å². The highest BCUT2D eigenvalue weighted by Crippen LogP contribution is 2.26. The Kier molecular flexibility index (Phi) is 8.85. The highest BCUT2D eigenvalue weighted by atomic mass is 35.5. The van der Waals surface area contributed by atoms with E-state index in [2.05, 4.69) is 10.3 Å². The number of nitrogens with two attached hydrogens (primary N) is 1. The number of carbonyl (C=O) groups is 1. The Labute approximate surface area is 132 Å². The molecule has 20 heavy (non-hydrogen) atoms. The van der Waals surface area contributed by atoms with Crippen LogP contribution in [0.4, 0.5) is 0 Å². The summed E-state index contributed by atoms with van der Waals surface area (Å²) in [5.74, 6) is 1.47. The molecule has 1 heterocycles. The number of amides is 1. The molecule has 0 radical (unpaired) electrons. The number of rotatable bonds is 5. The monoisotopic (exact) mass is 322 g/mol. The first-order chi connectivity index (χ1) is 8.66. The number of hydrogen-bond acceptors (Lipinski definition) is 3. The summed E-state index contributed by atoms with van der Waals surface area (Å²) in [5.41, 5.74) is 5.96. The van der Waals surface area contributed by atoms with Crippen molar-refractivity contribution in [3.8, 4) is 0 Å². The summed E-state index contributed by atoms with van der Waals surface area (Å²) >= 11 is 0. The molecular formula is C13H24Cl2N4O. The Balaban J connectivity index is 0.00000180. The predicted molar refractivity (Wildman–Crippen MR) is 84.4 cm³/mol. The topological polar surface area (TPSA) is 72.9 Å². The van der Waals surface area contributed by atoms with Gasteiger partial charge >= 0.3 is 0 Å². The Hall–Kier alpha value is -0.780. The van der Waals surface area contributed by atoms with E-state index in [0.29, 0.717) is 18.9 Å². The van der Waals surface area contributed by atoms with Crippen molar-refractivity contribution in [1.82, 2.24) is 14.9 Å². The van der Waals surface area contributed by atoms with Gasteiger partial charge in [0.2, 0.25) is 5.91 Å². The van der Waals surface area contributed by atoms with Crippen LogP contribution in [-0.4, -0.2) is 28.0 Å². The maximum atomic E-state index is 11.8. The van der Waals surface area contributed by atoms with Crippen molar-refractivity contribution < 1.29 is 4.79 Å². The summed E-state index contributed by atoms with van der Waals surface area (Å²) in [5, 5.41) is 2.95. The summed E-state index contributed by atoms with van der Waals surface area (Å²) in [6.45, 7) is 3.38. The van der Waals surface area contributed by atoms with E-state index >= 15 is 0 Å². The molecule has 1 amide bonds. The number of carbonyl (C=O) groups excluding carboxylic acids is 1.